The van der Waals surface area contributed by atoms with Gasteiger partial charge in [-0.15, -0.1) is 24.0 Å². The molecular weight excluding hydrogens is 450 g/mol. The van der Waals surface area contributed by atoms with Crippen LogP contribution in [0.25, 0.3) is 0 Å². The van der Waals surface area contributed by atoms with Crippen molar-refractivity contribution < 1.29 is 13.9 Å². The Labute approximate surface area is 172 Å². The first-order valence-electron chi connectivity index (χ1n) is 8.25. The Morgan fingerprint density at radius 3 is 2.38 bits per heavy atom. The lowest BCUT2D eigenvalue weighted by molar-refractivity contribution is -0.122. The molecule has 0 heterocycles. The maximum atomic E-state index is 12.9. The number of ether oxygens (including phenoxy) is 1. The highest BCUT2D eigenvalue weighted by Crippen LogP contribution is 2.12. The molecule has 2 N–H and O–H groups in total. The Balaban J connectivity index is 0.00000625. The minimum atomic E-state index is -0.298. The van der Waals surface area contributed by atoms with E-state index in [2.05, 4.69) is 15.6 Å². The number of nitrogens with zero attached hydrogens (tertiary/aromatic N) is 2. The lowest BCUT2D eigenvalue weighted by Crippen LogP contribution is -2.49. The Bertz CT molecular complexity index is 588. The van der Waals surface area contributed by atoms with E-state index in [0.717, 1.165) is 0 Å². The van der Waals surface area contributed by atoms with Crippen LogP contribution in [-0.4, -0.2) is 55.6 Å². The summed E-state index contributed by atoms with van der Waals surface area (Å²) in [6.07, 6.45) is -0.154. The SMILES string of the molecule is CN=C(NCC(C)Oc1ccc(F)cc1)N(C)CC(=O)NC(C)(C)C.I. The fraction of sp³-hybridized carbons (Fsp3) is 0.556. The van der Waals surface area contributed by atoms with Gasteiger partial charge in [-0.2, -0.15) is 0 Å². The summed E-state index contributed by atoms with van der Waals surface area (Å²) in [4.78, 5) is 17.9. The van der Waals surface area contributed by atoms with E-state index in [0.29, 0.717) is 18.3 Å². The van der Waals surface area contributed by atoms with Gasteiger partial charge in [0, 0.05) is 19.6 Å². The van der Waals surface area contributed by atoms with Crippen LogP contribution in [0, 0.1) is 5.82 Å². The Hall–Kier alpha value is -1.58. The first-order valence-corrected chi connectivity index (χ1v) is 8.25. The molecule has 0 saturated heterocycles. The number of carbonyl (C=O) groups excluding carboxylic acids is 1. The maximum Gasteiger partial charge on any atom is 0.240 e. The van der Waals surface area contributed by atoms with Crippen LogP contribution in [0.4, 0.5) is 4.39 Å². The van der Waals surface area contributed by atoms with E-state index in [-0.39, 0.29) is 53.9 Å². The predicted molar refractivity (Wildman–Crippen MR) is 114 cm³/mol. The third-order valence-corrected chi connectivity index (χ3v) is 3.17. The number of likely N-dealkylation sites (N-methyl/N-ethyl adjacent to an activating group) is 1. The van der Waals surface area contributed by atoms with Crippen molar-refractivity contribution in [1.82, 2.24) is 15.5 Å². The number of hydrogen-bond acceptors (Lipinski definition) is 3. The fourth-order valence-electron chi connectivity index (χ4n) is 2.15. The molecule has 0 spiro atoms. The van der Waals surface area contributed by atoms with Crippen molar-refractivity contribution in [2.75, 3.05) is 27.2 Å². The van der Waals surface area contributed by atoms with E-state index in [1.54, 1.807) is 31.1 Å². The summed E-state index contributed by atoms with van der Waals surface area (Å²) in [7, 11) is 3.45. The minimum absolute atomic E-state index is 0. The summed E-state index contributed by atoms with van der Waals surface area (Å²) in [6, 6.07) is 5.89. The van der Waals surface area contributed by atoms with Crippen molar-refractivity contribution in [1.29, 1.82) is 0 Å². The fourth-order valence-corrected chi connectivity index (χ4v) is 2.15. The third kappa shape index (κ3) is 9.79. The summed E-state index contributed by atoms with van der Waals surface area (Å²) in [5, 5.41) is 6.08. The lowest BCUT2D eigenvalue weighted by Gasteiger charge is -2.26. The van der Waals surface area contributed by atoms with Crippen LogP contribution in [-0.2, 0) is 4.79 Å². The van der Waals surface area contributed by atoms with Gasteiger partial charge in [-0.3, -0.25) is 9.79 Å². The minimum Gasteiger partial charge on any atom is -0.489 e. The van der Waals surface area contributed by atoms with Gasteiger partial charge in [0.2, 0.25) is 5.91 Å². The van der Waals surface area contributed by atoms with Gasteiger partial charge in [-0.1, -0.05) is 0 Å². The number of guanidine groups is 1. The van der Waals surface area contributed by atoms with Gasteiger partial charge in [0.1, 0.15) is 17.7 Å². The monoisotopic (exact) mass is 480 g/mol. The van der Waals surface area contributed by atoms with Crippen LogP contribution >= 0.6 is 24.0 Å². The molecule has 0 fully saturated rings. The van der Waals surface area contributed by atoms with Crippen molar-refractivity contribution in [3.05, 3.63) is 30.1 Å². The molecule has 1 amide bonds. The van der Waals surface area contributed by atoms with Gasteiger partial charge >= 0.3 is 0 Å². The molecule has 0 radical (unpaired) electrons. The quantitative estimate of drug-likeness (QED) is 0.374. The molecule has 8 heteroatoms. The molecule has 1 aromatic rings. The molecule has 0 saturated carbocycles. The lowest BCUT2D eigenvalue weighted by atomic mass is 10.1. The zero-order valence-corrected chi connectivity index (χ0v) is 18.6. The number of benzene rings is 1. The second-order valence-corrected chi connectivity index (χ2v) is 6.96. The topological polar surface area (TPSA) is 66.0 Å². The summed E-state index contributed by atoms with van der Waals surface area (Å²) in [6.45, 7) is 8.40. The largest absolute Gasteiger partial charge is 0.489 e. The van der Waals surface area contributed by atoms with Crippen LogP contribution < -0.4 is 15.4 Å². The third-order valence-electron chi connectivity index (χ3n) is 3.17. The average Bonchev–Trinajstić information content (AvgIpc) is 2.48. The molecule has 148 valence electrons. The Morgan fingerprint density at radius 1 is 1.31 bits per heavy atom. The van der Waals surface area contributed by atoms with Crippen molar-refractivity contribution in [2.24, 2.45) is 4.99 Å². The van der Waals surface area contributed by atoms with Crippen molar-refractivity contribution in [2.45, 2.75) is 39.3 Å². The summed E-state index contributed by atoms with van der Waals surface area (Å²) in [5.41, 5.74) is -0.271. The van der Waals surface area contributed by atoms with Gasteiger partial charge in [-0.05, 0) is 52.0 Å². The normalized spacial score (nSPS) is 12.7. The van der Waals surface area contributed by atoms with Gasteiger partial charge in [-0.25, -0.2) is 4.39 Å². The Kier molecular flexibility index (Phi) is 10.5. The first-order chi connectivity index (χ1) is 11.6. The van der Waals surface area contributed by atoms with Crippen LogP contribution in [0.2, 0.25) is 0 Å². The molecule has 26 heavy (non-hydrogen) atoms. The van der Waals surface area contributed by atoms with Crippen molar-refractivity contribution >= 4 is 35.8 Å². The summed E-state index contributed by atoms with van der Waals surface area (Å²) < 4.78 is 18.6. The van der Waals surface area contributed by atoms with Gasteiger partial charge in [0.15, 0.2) is 5.96 Å². The van der Waals surface area contributed by atoms with E-state index < -0.39 is 0 Å². The van der Waals surface area contributed by atoms with Gasteiger partial charge < -0.3 is 20.3 Å². The second kappa shape index (κ2) is 11.2. The summed E-state index contributed by atoms with van der Waals surface area (Å²) in [5.74, 6) is 0.824. The highest BCUT2D eigenvalue weighted by atomic mass is 127. The Morgan fingerprint density at radius 2 is 1.88 bits per heavy atom. The van der Waals surface area contributed by atoms with E-state index >= 15 is 0 Å². The number of hydrogen-bond donors (Lipinski definition) is 2. The number of nitrogens with one attached hydrogen (secondary N) is 2. The van der Waals surface area contributed by atoms with E-state index in [4.69, 9.17) is 4.74 Å². The zero-order chi connectivity index (χ0) is 19.0. The summed E-state index contributed by atoms with van der Waals surface area (Å²) >= 11 is 0. The molecule has 0 aliphatic heterocycles. The average molecular weight is 480 g/mol. The molecule has 0 bridgehead atoms. The molecule has 1 rings (SSSR count). The number of carbonyl (C=O) groups is 1. The first kappa shape index (κ1) is 24.4. The standard InChI is InChI=1S/C18H29FN4O2.HI/c1-13(25-15-9-7-14(19)8-10-15)11-21-17(20-5)23(6)12-16(24)22-18(2,3)4;/h7-10,13H,11-12H2,1-6H3,(H,20,21)(H,22,24);1H. The maximum absolute atomic E-state index is 12.9. The molecule has 1 aromatic carbocycles. The van der Waals surface area contributed by atoms with Crippen molar-refractivity contribution in [3.63, 3.8) is 0 Å². The molecule has 0 aliphatic carbocycles. The highest BCUT2D eigenvalue weighted by molar-refractivity contribution is 14.0. The van der Waals surface area contributed by atoms with E-state index in [9.17, 15) is 9.18 Å². The zero-order valence-electron chi connectivity index (χ0n) is 16.3. The van der Waals surface area contributed by atoms with Crippen LogP contribution in [0.3, 0.4) is 0 Å². The van der Waals surface area contributed by atoms with E-state index in [1.807, 2.05) is 27.7 Å². The number of amides is 1. The van der Waals surface area contributed by atoms with E-state index in [1.165, 1.54) is 12.1 Å². The molecule has 0 aliphatic rings. The van der Waals surface area contributed by atoms with Gasteiger partial charge in [0.05, 0.1) is 13.1 Å². The highest BCUT2D eigenvalue weighted by Gasteiger charge is 2.17. The van der Waals surface area contributed by atoms with Gasteiger partial charge in [0.25, 0.3) is 0 Å². The van der Waals surface area contributed by atoms with Crippen LogP contribution in [0.1, 0.15) is 27.7 Å². The second-order valence-electron chi connectivity index (χ2n) is 6.96. The number of rotatable bonds is 6. The molecular formula is C18H30FIN4O2. The predicted octanol–water partition coefficient (Wildman–Crippen LogP) is 2.63. The van der Waals surface area contributed by atoms with Crippen LogP contribution in [0.15, 0.2) is 29.3 Å². The number of aliphatic imine (C=N–C) groups is 1. The number of halogens is 2. The molecule has 1 unspecified atom stereocenters. The molecule has 6 nitrogen and oxygen atoms in total. The van der Waals surface area contributed by atoms with Crippen LogP contribution in [0.5, 0.6) is 5.75 Å². The molecule has 0 aromatic heterocycles. The molecule has 1 atom stereocenters. The smallest absolute Gasteiger partial charge is 0.240 e. The van der Waals surface area contributed by atoms with Crippen molar-refractivity contribution in [3.8, 4) is 5.75 Å².